The van der Waals surface area contributed by atoms with E-state index >= 15 is 4.39 Å². The summed E-state index contributed by atoms with van der Waals surface area (Å²) in [6.07, 6.45) is 9.05. The number of rotatable bonds is 7. The number of nitrogens with one attached hydrogen (secondary N) is 1. The highest BCUT2D eigenvalue weighted by atomic mass is 19.1. The third kappa shape index (κ3) is 4.12. The number of anilines is 1. The molecule has 7 rings (SSSR count). The number of ether oxygens (including phenoxy) is 1. The van der Waals surface area contributed by atoms with Gasteiger partial charge in [-0.2, -0.15) is 9.97 Å². The van der Waals surface area contributed by atoms with Crippen molar-refractivity contribution in [2.75, 3.05) is 44.3 Å². The molecule has 8 nitrogen and oxygen atoms in total. The maximum atomic E-state index is 16.3. The topological polar surface area (TPSA) is 86.6 Å². The zero-order valence-electron chi connectivity index (χ0n) is 21.7. The van der Waals surface area contributed by atoms with Crippen molar-refractivity contribution in [1.29, 1.82) is 0 Å². The van der Waals surface area contributed by atoms with E-state index in [0.717, 1.165) is 57.4 Å². The fourth-order valence-corrected chi connectivity index (χ4v) is 7.23. The van der Waals surface area contributed by atoms with Gasteiger partial charge in [0.1, 0.15) is 23.6 Å². The molecular weight excluding hydrogens is 483 g/mol. The molecule has 2 N–H and O–H groups in total. The first-order valence-electron chi connectivity index (χ1n) is 14.1. The van der Waals surface area contributed by atoms with Crippen LogP contribution in [0.5, 0.6) is 6.01 Å². The molecule has 2 bridgehead atoms. The Morgan fingerprint density at radius 2 is 1.84 bits per heavy atom. The summed E-state index contributed by atoms with van der Waals surface area (Å²) in [6, 6.07) is 8.58. The number of pyridine rings is 1. The number of hydrogen-bond acceptors (Lipinski definition) is 8. The van der Waals surface area contributed by atoms with Gasteiger partial charge < -0.3 is 20.1 Å². The number of benzene rings is 1. The number of fused-ring (bicyclic) bond motifs is 4. The monoisotopic (exact) mass is 518 g/mol. The van der Waals surface area contributed by atoms with Gasteiger partial charge in [-0.05, 0) is 63.6 Å². The zero-order chi connectivity index (χ0) is 25.7. The molecule has 4 aliphatic rings. The molecule has 4 aliphatic heterocycles. The van der Waals surface area contributed by atoms with E-state index in [2.05, 4.69) is 25.1 Å². The van der Waals surface area contributed by atoms with E-state index in [9.17, 15) is 5.11 Å². The Hall–Kier alpha value is -2.88. The quantitative estimate of drug-likeness (QED) is 0.493. The standard InChI is InChI=1S/C29H35FN6O2/c30-24-25(22-6-2-1-5-19(22)9-14-37)31-15-23-26(24)33-28(38-18-29-10-3-12-36(29)13-4-11-29)34-27(23)35-16-20-7-8-21(17-35)32-20/h1-2,5-6,15,20-21,32,37H,3-4,7-14,16-18H2. The van der Waals surface area contributed by atoms with Gasteiger partial charge in [0.25, 0.3) is 0 Å². The molecular formula is C29H35FN6O2. The Bertz CT molecular complexity index is 1330. The number of aromatic nitrogens is 3. The number of aliphatic hydroxyl groups excluding tert-OH is 1. The summed E-state index contributed by atoms with van der Waals surface area (Å²) in [7, 11) is 0. The van der Waals surface area contributed by atoms with Gasteiger partial charge in [0.05, 0.1) is 10.9 Å². The molecule has 0 spiro atoms. The van der Waals surface area contributed by atoms with Crippen LogP contribution in [0.15, 0.2) is 30.5 Å². The zero-order valence-corrected chi connectivity index (χ0v) is 21.7. The SMILES string of the molecule is OCCc1ccccc1-c1ncc2c(N3CC4CCC(C3)N4)nc(OCC34CCCN3CCC4)nc2c1F. The largest absolute Gasteiger partial charge is 0.461 e. The van der Waals surface area contributed by atoms with E-state index < -0.39 is 5.82 Å². The van der Waals surface area contributed by atoms with Crippen LogP contribution in [0.3, 0.4) is 0 Å². The summed E-state index contributed by atoms with van der Waals surface area (Å²) in [5.41, 5.74) is 2.07. The first-order valence-corrected chi connectivity index (χ1v) is 14.1. The van der Waals surface area contributed by atoms with Crippen molar-refractivity contribution in [1.82, 2.24) is 25.2 Å². The lowest BCUT2D eigenvalue weighted by Gasteiger charge is -2.34. The van der Waals surface area contributed by atoms with Gasteiger partial charge in [-0.3, -0.25) is 9.88 Å². The average molecular weight is 519 g/mol. The molecule has 4 fully saturated rings. The van der Waals surface area contributed by atoms with Gasteiger partial charge in [-0.15, -0.1) is 0 Å². The second kappa shape index (κ2) is 9.70. The van der Waals surface area contributed by atoms with Gasteiger partial charge in [-0.1, -0.05) is 24.3 Å². The maximum absolute atomic E-state index is 16.3. The lowest BCUT2D eigenvalue weighted by Crippen LogP contribution is -2.51. The second-order valence-corrected chi connectivity index (χ2v) is 11.4. The molecule has 0 saturated carbocycles. The number of piperazine rings is 1. The minimum atomic E-state index is -0.471. The Kier molecular flexibility index (Phi) is 6.17. The highest BCUT2D eigenvalue weighted by Gasteiger charge is 2.45. The van der Waals surface area contributed by atoms with Crippen molar-refractivity contribution in [3.63, 3.8) is 0 Å². The van der Waals surface area contributed by atoms with E-state index in [1.54, 1.807) is 6.20 Å². The first kappa shape index (κ1) is 24.2. The first-order chi connectivity index (χ1) is 18.6. The van der Waals surface area contributed by atoms with Crippen molar-refractivity contribution in [2.24, 2.45) is 0 Å². The molecule has 2 aromatic heterocycles. The summed E-state index contributed by atoms with van der Waals surface area (Å²) in [4.78, 5) is 18.9. The predicted octanol–water partition coefficient (Wildman–Crippen LogP) is 3.31. The van der Waals surface area contributed by atoms with Crippen molar-refractivity contribution < 1.29 is 14.2 Å². The number of hydrogen-bond donors (Lipinski definition) is 2. The predicted molar refractivity (Wildman–Crippen MR) is 144 cm³/mol. The van der Waals surface area contributed by atoms with Gasteiger partial charge in [0, 0.05) is 43.5 Å². The van der Waals surface area contributed by atoms with Gasteiger partial charge >= 0.3 is 6.01 Å². The molecule has 0 radical (unpaired) electrons. The Labute approximate surface area is 222 Å². The second-order valence-electron chi connectivity index (χ2n) is 11.4. The van der Waals surface area contributed by atoms with E-state index in [1.807, 2.05) is 24.3 Å². The summed E-state index contributed by atoms with van der Waals surface area (Å²) in [5.74, 6) is 0.234. The van der Waals surface area contributed by atoms with E-state index in [-0.39, 0.29) is 29.4 Å². The van der Waals surface area contributed by atoms with E-state index in [4.69, 9.17) is 9.72 Å². The Morgan fingerprint density at radius 1 is 1.08 bits per heavy atom. The molecule has 0 aliphatic carbocycles. The third-order valence-corrected chi connectivity index (χ3v) is 9.09. The molecule has 2 unspecified atom stereocenters. The summed E-state index contributed by atoms with van der Waals surface area (Å²) in [5, 5.41) is 13.8. The van der Waals surface area contributed by atoms with Gasteiger partial charge in [-0.25, -0.2) is 4.39 Å². The number of halogens is 1. The van der Waals surface area contributed by atoms with E-state index in [1.165, 1.54) is 12.8 Å². The molecule has 2 atom stereocenters. The van der Waals surface area contributed by atoms with Crippen LogP contribution in [-0.4, -0.2) is 82.0 Å². The van der Waals surface area contributed by atoms with Gasteiger partial charge in [0.15, 0.2) is 5.82 Å². The van der Waals surface area contributed by atoms with Crippen molar-refractivity contribution >= 4 is 16.7 Å². The lowest BCUT2D eigenvalue weighted by molar-refractivity contribution is 0.108. The lowest BCUT2D eigenvalue weighted by atomic mass is 9.95. The minimum Gasteiger partial charge on any atom is -0.461 e. The number of nitrogens with zero attached hydrogens (tertiary/aromatic N) is 5. The molecule has 38 heavy (non-hydrogen) atoms. The van der Waals surface area contributed by atoms with Crippen LogP contribution in [0.25, 0.3) is 22.2 Å². The van der Waals surface area contributed by atoms with E-state index in [0.29, 0.717) is 41.9 Å². The average Bonchev–Trinajstić information content (AvgIpc) is 3.62. The van der Waals surface area contributed by atoms with Crippen LogP contribution in [0.2, 0.25) is 0 Å². The minimum absolute atomic E-state index is 0.0133. The van der Waals surface area contributed by atoms with Crippen LogP contribution >= 0.6 is 0 Å². The molecule has 3 aromatic rings. The molecule has 200 valence electrons. The normalized spacial score (nSPS) is 24.3. The molecule has 6 heterocycles. The van der Waals surface area contributed by atoms with Crippen LogP contribution in [0.4, 0.5) is 10.2 Å². The van der Waals surface area contributed by atoms with Crippen LogP contribution in [0.1, 0.15) is 44.1 Å². The molecule has 0 amide bonds. The van der Waals surface area contributed by atoms with Crippen LogP contribution in [0, 0.1) is 5.82 Å². The Balaban J connectivity index is 1.31. The summed E-state index contributed by atoms with van der Waals surface area (Å²) < 4.78 is 22.7. The van der Waals surface area contributed by atoms with Gasteiger partial charge in [0.2, 0.25) is 0 Å². The highest BCUT2D eigenvalue weighted by molar-refractivity contribution is 5.92. The van der Waals surface area contributed by atoms with Crippen LogP contribution < -0.4 is 15.0 Å². The molecule has 1 aromatic carbocycles. The number of aliphatic hydroxyl groups is 1. The molecule has 9 heteroatoms. The van der Waals surface area contributed by atoms with Crippen LogP contribution in [-0.2, 0) is 6.42 Å². The maximum Gasteiger partial charge on any atom is 0.319 e. The summed E-state index contributed by atoms with van der Waals surface area (Å²) >= 11 is 0. The third-order valence-electron chi connectivity index (χ3n) is 9.09. The van der Waals surface area contributed by atoms with Crippen molar-refractivity contribution in [2.45, 2.75) is 62.6 Å². The van der Waals surface area contributed by atoms with Crippen molar-refractivity contribution in [3.8, 4) is 17.3 Å². The fraction of sp³-hybridized carbons (Fsp3) is 0.552. The Morgan fingerprint density at radius 3 is 2.61 bits per heavy atom. The van der Waals surface area contributed by atoms with Crippen molar-refractivity contribution in [3.05, 3.63) is 41.8 Å². The fourth-order valence-electron chi connectivity index (χ4n) is 7.23. The summed E-state index contributed by atoms with van der Waals surface area (Å²) in [6.45, 7) is 4.40. The smallest absolute Gasteiger partial charge is 0.319 e. The molecule has 4 saturated heterocycles. The highest BCUT2D eigenvalue weighted by Crippen LogP contribution is 2.40.